The van der Waals surface area contributed by atoms with Crippen LogP contribution in [0.4, 0.5) is 5.69 Å². The van der Waals surface area contributed by atoms with Gasteiger partial charge < -0.3 is 4.90 Å². The number of allylic oxidation sites excluding steroid dienone is 1. The SMILES string of the molecule is CC1=CC(C)(C)NC(S)N1c1ccccc1. The highest BCUT2D eigenvalue weighted by Gasteiger charge is 2.29. The third-order valence-corrected chi connectivity index (χ3v) is 3.09. The van der Waals surface area contributed by atoms with Crippen molar-refractivity contribution in [3.63, 3.8) is 0 Å². The van der Waals surface area contributed by atoms with Gasteiger partial charge in [-0.25, -0.2) is 0 Å². The summed E-state index contributed by atoms with van der Waals surface area (Å²) in [6.07, 6.45) is 2.23. The number of thiol groups is 1. The van der Waals surface area contributed by atoms with Gasteiger partial charge in [-0.3, -0.25) is 5.32 Å². The average Bonchev–Trinajstić information content (AvgIpc) is 2.16. The number of rotatable bonds is 1. The summed E-state index contributed by atoms with van der Waals surface area (Å²) in [7, 11) is 0. The molecule has 86 valence electrons. The van der Waals surface area contributed by atoms with E-state index in [1.54, 1.807) is 0 Å². The van der Waals surface area contributed by atoms with Gasteiger partial charge in [0.1, 0.15) is 5.50 Å². The number of nitrogens with zero attached hydrogens (tertiary/aromatic N) is 1. The maximum Gasteiger partial charge on any atom is 0.130 e. The fraction of sp³-hybridized carbons (Fsp3) is 0.385. The number of nitrogens with one attached hydrogen (secondary N) is 1. The molecule has 1 atom stereocenters. The summed E-state index contributed by atoms with van der Waals surface area (Å²) in [4.78, 5) is 2.19. The van der Waals surface area contributed by atoms with Gasteiger partial charge in [-0.15, -0.1) is 12.6 Å². The van der Waals surface area contributed by atoms with Gasteiger partial charge in [-0.1, -0.05) is 18.2 Å². The van der Waals surface area contributed by atoms with Crippen LogP contribution >= 0.6 is 12.6 Å². The minimum Gasteiger partial charge on any atom is -0.321 e. The Kier molecular flexibility index (Phi) is 3.00. The van der Waals surface area contributed by atoms with Gasteiger partial charge in [0.15, 0.2) is 0 Å². The molecule has 1 heterocycles. The summed E-state index contributed by atoms with van der Waals surface area (Å²) in [5, 5.41) is 3.45. The van der Waals surface area contributed by atoms with Crippen LogP contribution in [0.15, 0.2) is 42.1 Å². The van der Waals surface area contributed by atoms with Crippen LogP contribution in [0.3, 0.4) is 0 Å². The molecule has 0 bridgehead atoms. The summed E-state index contributed by atoms with van der Waals surface area (Å²) in [5.41, 5.74) is 2.42. The van der Waals surface area contributed by atoms with Crippen molar-refractivity contribution >= 4 is 18.3 Å². The van der Waals surface area contributed by atoms with E-state index in [9.17, 15) is 0 Å². The number of hydrogen-bond acceptors (Lipinski definition) is 3. The minimum absolute atomic E-state index is 0.00177. The Balaban J connectivity index is 2.36. The van der Waals surface area contributed by atoms with E-state index in [2.05, 4.69) is 61.8 Å². The number of anilines is 1. The second-order valence-electron chi connectivity index (χ2n) is 4.73. The van der Waals surface area contributed by atoms with Gasteiger partial charge >= 0.3 is 0 Å². The zero-order valence-electron chi connectivity index (χ0n) is 9.94. The zero-order valence-corrected chi connectivity index (χ0v) is 10.8. The predicted octanol–water partition coefficient (Wildman–Crippen LogP) is 2.99. The van der Waals surface area contributed by atoms with E-state index in [-0.39, 0.29) is 11.0 Å². The predicted molar refractivity (Wildman–Crippen MR) is 72.7 cm³/mol. The molecular weight excluding hydrogens is 216 g/mol. The van der Waals surface area contributed by atoms with Crippen LogP contribution in [0.5, 0.6) is 0 Å². The lowest BCUT2D eigenvalue weighted by Gasteiger charge is -2.42. The quantitative estimate of drug-likeness (QED) is 0.726. The third kappa shape index (κ3) is 2.25. The summed E-state index contributed by atoms with van der Waals surface area (Å²) in [5.74, 6) is 0. The Morgan fingerprint density at radius 1 is 1.25 bits per heavy atom. The fourth-order valence-electron chi connectivity index (χ4n) is 2.16. The van der Waals surface area contributed by atoms with Crippen molar-refractivity contribution in [2.45, 2.75) is 31.8 Å². The molecule has 0 amide bonds. The van der Waals surface area contributed by atoms with Crippen LogP contribution in [-0.2, 0) is 0 Å². The van der Waals surface area contributed by atoms with E-state index in [0.29, 0.717) is 0 Å². The highest BCUT2D eigenvalue weighted by Crippen LogP contribution is 2.28. The molecule has 0 saturated heterocycles. The van der Waals surface area contributed by atoms with Crippen LogP contribution in [0.1, 0.15) is 20.8 Å². The largest absolute Gasteiger partial charge is 0.321 e. The van der Waals surface area contributed by atoms with Crippen LogP contribution in [-0.4, -0.2) is 11.0 Å². The first-order valence-corrected chi connectivity index (χ1v) is 6.01. The fourth-order valence-corrected chi connectivity index (χ4v) is 2.81. The van der Waals surface area contributed by atoms with E-state index in [1.807, 2.05) is 18.2 Å². The first-order valence-electron chi connectivity index (χ1n) is 5.49. The van der Waals surface area contributed by atoms with Gasteiger partial charge in [-0.2, -0.15) is 0 Å². The Morgan fingerprint density at radius 3 is 2.44 bits per heavy atom. The molecule has 1 aromatic carbocycles. The topological polar surface area (TPSA) is 15.3 Å². The molecule has 0 radical (unpaired) electrons. The molecule has 0 fully saturated rings. The standard InChI is InChI=1S/C13H18N2S/c1-10-9-13(2,3)14-12(16)15(10)11-7-5-4-6-8-11/h4-9,12,14,16H,1-3H3. The van der Waals surface area contributed by atoms with Crippen LogP contribution < -0.4 is 10.2 Å². The van der Waals surface area contributed by atoms with Crippen LogP contribution in [0.25, 0.3) is 0 Å². The van der Waals surface area contributed by atoms with Gasteiger partial charge in [0.05, 0.1) is 0 Å². The molecule has 2 nitrogen and oxygen atoms in total. The highest BCUT2D eigenvalue weighted by molar-refractivity contribution is 7.81. The summed E-state index contributed by atoms with van der Waals surface area (Å²) in [6.45, 7) is 6.43. The summed E-state index contributed by atoms with van der Waals surface area (Å²) < 4.78 is 0. The maximum absolute atomic E-state index is 4.61. The first kappa shape index (κ1) is 11.6. The van der Waals surface area contributed by atoms with Gasteiger partial charge in [0.25, 0.3) is 0 Å². The molecule has 0 saturated carbocycles. The molecule has 2 rings (SSSR count). The molecule has 16 heavy (non-hydrogen) atoms. The normalized spacial score (nSPS) is 24.1. The molecule has 0 spiro atoms. The molecule has 0 aliphatic carbocycles. The van der Waals surface area contributed by atoms with E-state index in [1.165, 1.54) is 11.4 Å². The number of benzene rings is 1. The van der Waals surface area contributed by atoms with Gasteiger partial charge in [0, 0.05) is 16.9 Å². The second kappa shape index (κ2) is 4.15. The van der Waals surface area contributed by atoms with Crippen molar-refractivity contribution in [2.75, 3.05) is 4.90 Å². The molecular formula is C13H18N2S. The molecule has 1 aromatic rings. The third-order valence-electron chi connectivity index (χ3n) is 2.73. The Hall–Kier alpha value is -0.930. The smallest absolute Gasteiger partial charge is 0.130 e. The van der Waals surface area contributed by atoms with Crippen LogP contribution in [0, 0.1) is 0 Å². The van der Waals surface area contributed by atoms with Gasteiger partial charge in [-0.05, 0) is 39.0 Å². The summed E-state index contributed by atoms with van der Waals surface area (Å²) in [6, 6.07) is 10.3. The lowest BCUT2D eigenvalue weighted by molar-refractivity contribution is 0.434. The zero-order chi connectivity index (χ0) is 11.8. The molecule has 1 aliphatic rings. The van der Waals surface area contributed by atoms with Gasteiger partial charge in [0.2, 0.25) is 0 Å². The maximum atomic E-state index is 4.61. The van der Waals surface area contributed by atoms with Crippen LogP contribution in [0.2, 0.25) is 0 Å². The highest BCUT2D eigenvalue weighted by atomic mass is 32.1. The second-order valence-corrected chi connectivity index (χ2v) is 5.22. The van der Waals surface area contributed by atoms with Crippen molar-refractivity contribution in [3.05, 3.63) is 42.1 Å². The lowest BCUT2D eigenvalue weighted by Crippen LogP contribution is -2.54. The van der Waals surface area contributed by atoms with Crippen molar-refractivity contribution in [2.24, 2.45) is 0 Å². The monoisotopic (exact) mass is 234 g/mol. The lowest BCUT2D eigenvalue weighted by atomic mass is 10.0. The van der Waals surface area contributed by atoms with E-state index >= 15 is 0 Å². The molecule has 1 N–H and O–H groups in total. The molecule has 1 aliphatic heterocycles. The number of hydrogen-bond donors (Lipinski definition) is 2. The molecule has 0 aromatic heterocycles. The van der Waals surface area contributed by atoms with Crippen molar-refractivity contribution < 1.29 is 0 Å². The van der Waals surface area contributed by atoms with Crippen molar-refractivity contribution in [3.8, 4) is 0 Å². The Morgan fingerprint density at radius 2 is 1.88 bits per heavy atom. The Bertz CT molecular complexity index is 398. The molecule has 3 heteroatoms. The first-order chi connectivity index (χ1) is 7.49. The molecule has 1 unspecified atom stereocenters. The van der Waals surface area contributed by atoms with Crippen molar-refractivity contribution in [1.82, 2.24) is 5.32 Å². The Labute approximate surface area is 103 Å². The average molecular weight is 234 g/mol. The van der Waals surface area contributed by atoms with E-state index in [4.69, 9.17) is 0 Å². The number of para-hydroxylation sites is 1. The summed E-state index contributed by atoms with van der Waals surface area (Å²) >= 11 is 4.61. The minimum atomic E-state index is 0.00177. The van der Waals surface area contributed by atoms with E-state index < -0.39 is 0 Å². The van der Waals surface area contributed by atoms with E-state index in [0.717, 1.165) is 0 Å². The van der Waals surface area contributed by atoms with Crippen molar-refractivity contribution in [1.29, 1.82) is 0 Å².